The maximum atomic E-state index is 11.7. The molecule has 1 atom stereocenters. The SMILES string of the molecule is CCCC(C(C)=O)N(C)C(=O)OC(C)(C)C. The number of carbonyl (C=O) groups is 2. The maximum Gasteiger partial charge on any atom is 0.410 e. The second-order valence-electron chi connectivity index (χ2n) is 5.01. The fraction of sp³-hybridized carbons (Fsp3) is 0.833. The van der Waals surface area contributed by atoms with Gasteiger partial charge in [-0.15, -0.1) is 0 Å². The Morgan fingerprint density at radius 3 is 2.12 bits per heavy atom. The van der Waals surface area contributed by atoms with Crippen molar-refractivity contribution < 1.29 is 14.3 Å². The fourth-order valence-corrected chi connectivity index (χ4v) is 1.40. The summed E-state index contributed by atoms with van der Waals surface area (Å²) in [6.45, 7) is 8.91. The molecule has 0 aliphatic rings. The molecule has 1 unspecified atom stereocenters. The lowest BCUT2D eigenvalue weighted by Gasteiger charge is -2.29. The molecule has 0 spiro atoms. The van der Waals surface area contributed by atoms with Gasteiger partial charge in [-0.2, -0.15) is 0 Å². The van der Waals surface area contributed by atoms with Crippen LogP contribution in [0.15, 0.2) is 0 Å². The number of hydrogen-bond acceptors (Lipinski definition) is 3. The van der Waals surface area contributed by atoms with E-state index in [9.17, 15) is 9.59 Å². The second kappa shape index (κ2) is 5.87. The van der Waals surface area contributed by atoms with Crippen molar-refractivity contribution in [1.82, 2.24) is 4.90 Å². The van der Waals surface area contributed by atoms with Crippen molar-refractivity contribution in [2.45, 2.75) is 59.1 Å². The first-order chi connectivity index (χ1) is 7.19. The van der Waals surface area contributed by atoms with Gasteiger partial charge in [0.1, 0.15) is 5.60 Å². The molecule has 0 radical (unpaired) electrons. The zero-order chi connectivity index (χ0) is 12.9. The summed E-state index contributed by atoms with van der Waals surface area (Å²) in [6.07, 6.45) is 1.09. The first-order valence-electron chi connectivity index (χ1n) is 5.65. The van der Waals surface area contributed by atoms with Crippen molar-refractivity contribution in [3.63, 3.8) is 0 Å². The van der Waals surface area contributed by atoms with Gasteiger partial charge in [-0.1, -0.05) is 13.3 Å². The van der Waals surface area contributed by atoms with Crippen molar-refractivity contribution in [2.24, 2.45) is 0 Å². The van der Waals surface area contributed by atoms with E-state index < -0.39 is 11.7 Å². The molecule has 0 aliphatic heterocycles. The predicted molar refractivity (Wildman–Crippen MR) is 63.4 cm³/mol. The van der Waals surface area contributed by atoms with Crippen molar-refractivity contribution in [3.05, 3.63) is 0 Å². The molecular weight excluding hydrogens is 206 g/mol. The zero-order valence-corrected chi connectivity index (χ0v) is 11.2. The number of Topliss-reactive ketones (excluding diaryl/α,β-unsaturated/α-hetero) is 1. The van der Waals surface area contributed by atoms with Gasteiger partial charge in [0.15, 0.2) is 5.78 Å². The number of amides is 1. The second-order valence-corrected chi connectivity index (χ2v) is 5.01. The Labute approximate surface area is 98.0 Å². The lowest BCUT2D eigenvalue weighted by atomic mass is 10.1. The van der Waals surface area contributed by atoms with E-state index in [4.69, 9.17) is 4.74 Å². The standard InChI is InChI=1S/C12H23NO3/c1-7-8-10(9(2)14)13(6)11(15)16-12(3,4)5/h10H,7-8H2,1-6H3. The molecule has 0 fully saturated rings. The molecule has 4 heteroatoms. The van der Waals surface area contributed by atoms with Crippen LogP contribution < -0.4 is 0 Å². The van der Waals surface area contributed by atoms with Crippen LogP contribution >= 0.6 is 0 Å². The third-order valence-electron chi connectivity index (χ3n) is 2.18. The van der Waals surface area contributed by atoms with E-state index in [2.05, 4.69) is 0 Å². The molecule has 0 aromatic carbocycles. The molecule has 16 heavy (non-hydrogen) atoms. The third kappa shape index (κ3) is 5.14. The molecule has 0 heterocycles. The quantitative estimate of drug-likeness (QED) is 0.744. The topological polar surface area (TPSA) is 46.6 Å². The zero-order valence-electron chi connectivity index (χ0n) is 11.2. The maximum absolute atomic E-state index is 11.7. The number of likely N-dealkylation sites (N-methyl/N-ethyl adjacent to an activating group) is 1. The number of rotatable bonds is 4. The van der Waals surface area contributed by atoms with Crippen LogP contribution in [-0.4, -0.2) is 35.5 Å². The predicted octanol–water partition coefficient (Wildman–Crippen LogP) is 2.61. The minimum Gasteiger partial charge on any atom is -0.444 e. The van der Waals surface area contributed by atoms with Crippen LogP contribution in [0.25, 0.3) is 0 Å². The molecule has 0 bridgehead atoms. The van der Waals surface area contributed by atoms with E-state index in [0.29, 0.717) is 6.42 Å². The van der Waals surface area contributed by atoms with E-state index in [1.165, 1.54) is 11.8 Å². The highest BCUT2D eigenvalue weighted by molar-refractivity contribution is 5.85. The van der Waals surface area contributed by atoms with Gasteiger partial charge in [0.05, 0.1) is 6.04 Å². The lowest BCUT2D eigenvalue weighted by molar-refractivity contribution is -0.122. The third-order valence-corrected chi connectivity index (χ3v) is 2.18. The molecule has 0 aromatic rings. The number of hydrogen-bond donors (Lipinski definition) is 0. The number of carbonyl (C=O) groups excluding carboxylic acids is 2. The van der Waals surface area contributed by atoms with Gasteiger partial charge in [-0.05, 0) is 34.1 Å². The van der Waals surface area contributed by atoms with Crippen LogP contribution in [0.5, 0.6) is 0 Å². The van der Waals surface area contributed by atoms with Gasteiger partial charge in [-0.25, -0.2) is 4.79 Å². The van der Waals surface area contributed by atoms with Gasteiger partial charge in [-0.3, -0.25) is 4.79 Å². The molecule has 0 saturated heterocycles. The Kier molecular flexibility index (Phi) is 5.48. The summed E-state index contributed by atoms with van der Waals surface area (Å²) in [4.78, 5) is 24.5. The van der Waals surface area contributed by atoms with E-state index in [1.54, 1.807) is 27.8 Å². The average molecular weight is 229 g/mol. The molecular formula is C12H23NO3. The van der Waals surface area contributed by atoms with Crippen LogP contribution in [0.1, 0.15) is 47.5 Å². The highest BCUT2D eigenvalue weighted by Gasteiger charge is 2.27. The molecule has 94 valence electrons. The summed E-state index contributed by atoms with van der Waals surface area (Å²) in [6, 6.07) is -0.375. The van der Waals surface area contributed by atoms with Crippen molar-refractivity contribution in [2.75, 3.05) is 7.05 Å². The molecule has 0 rings (SSSR count). The molecule has 4 nitrogen and oxygen atoms in total. The van der Waals surface area contributed by atoms with Gasteiger partial charge < -0.3 is 9.64 Å². The Morgan fingerprint density at radius 2 is 1.81 bits per heavy atom. The summed E-state index contributed by atoms with van der Waals surface area (Å²) in [7, 11) is 1.61. The molecule has 0 saturated carbocycles. The number of ketones is 1. The normalized spacial score (nSPS) is 13.1. The van der Waals surface area contributed by atoms with Crippen LogP contribution in [0.2, 0.25) is 0 Å². The Morgan fingerprint density at radius 1 is 1.31 bits per heavy atom. The summed E-state index contributed by atoms with van der Waals surface area (Å²) in [5.41, 5.74) is -0.529. The highest BCUT2D eigenvalue weighted by atomic mass is 16.6. The number of ether oxygens (including phenoxy) is 1. The first-order valence-corrected chi connectivity index (χ1v) is 5.65. The largest absolute Gasteiger partial charge is 0.444 e. The molecule has 0 aromatic heterocycles. The lowest BCUT2D eigenvalue weighted by Crippen LogP contribution is -2.44. The summed E-state index contributed by atoms with van der Waals surface area (Å²) in [5, 5.41) is 0. The Bertz CT molecular complexity index is 255. The van der Waals surface area contributed by atoms with E-state index in [0.717, 1.165) is 6.42 Å². The average Bonchev–Trinajstić information content (AvgIpc) is 2.09. The number of nitrogens with zero attached hydrogens (tertiary/aromatic N) is 1. The monoisotopic (exact) mass is 229 g/mol. The Hall–Kier alpha value is -1.06. The Balaban J connectivity index is 4.55. The van der Waals surface area contributed by atoms with E-state index in [-0.39, 0.29) is 11.8 Å². The molecule has 0 N–H and O–H groups in total. The summed E-state index contributed by atoms with van der Waals surface area (Å²) < 4.78 is 5.21. The van der Waals surface area contributed by atoms with Crippen molar-refractivity contribution in [1.29, 1.82) is 0 Å². The van der Waals surface area contributed by atoms with Crippen LogP contribution in [0, 0.1) is 0 Å². The smallest absolute Gasteiger partial charge is 0.410 e. The summed E-state index contributed by atoms with van der Waals surface area (Å²) >= 11 is 0. The minimum atomic E-state index is -0.529. The van der Waals surface area contributed by atoms with E-state index in [1.807, 2.05) is 6.92 Å². The molecule has 1 amide bonds. The van der Waals surface area contributed by atoms with Crippen molar-refractivity contribution in [3.8, 4) is 0 Å². The first kappa shape index (κ1) is 14.9. The van der Waals surface area contributed by atoms with Gasteiger partial charge in [0.2, 0.25) is 0 Å². The van der Waals surface area contributed by atoms with Gasteiger partial charge in [0, 0.05) is 7.05 Å². The van der Waals surface area contributed by atoms with E-state index >= 15 is 0 Å². The highest BCUT2D eigenvalue weighted by Crippen LogP contribution is 2.13. The van der Waals surface area contributed by atoms with Gasteiger partial charge in [0.25, 0.3) is 0 Å². The van der Waals surface area contributed by atoms with Crippen molar-refractivity contribution >= 4 is 11.9 Å². The fourth-order valence-electron chi connectivity index (χ4n) is 1.40. The minimum absolute atomic E-state index is 0.00444. The summed E-state index contributed by atoms with van der Waals surface area (Å²) in [5.74, 6) is -0.00444. The van der Waals surface area contributed by atoms with Gasteiger partial charge >= 0.3 is 6.09 Å². The van der Waals surface area contributed by atoms with Crippen LogP contribution in [0.3, 0.4) is 0 Å². The van der Waals surface area contributed by atoms with Crippen LogP contribution in [0.4, 0.5) is 4.79 Å². The van der Waals surface area contributed by atoms with Crippen LogP contribution in [-0.2, 0) is 9.53 Å². The molecule has 0 aliphatic carbocycles.